The summed E-state index contributed by atoms with van der Waals surface area (Å²) in [6.07, 6.45) is 3.68. The zero-order chi connectivity index (χ0) is 11.5. The van der Waals surface area contributed by atoms with Gasteiger partial charge in [0, 0.05) is 10.9 Å². The van der Waals surface area contributed by atoms with E-state index in [1.165, 1.54) is 17.7 Å². The van der Waals surface area contributed by atoms with Crippen LogP contribution in [-0.2, 0) is 0 Å². The molecule has 0 amide bonds. The van der Waals surface area contributed by atoms with Crippen LogP contribution >= 0.6 is 11.3 Å². The highest BCUT2D eigenvalue weighted by Crippen LogP contribution is 2.27. The second-order valence-electron chi connectivity index (χ2n) is 4.54. The van der Waals surface area contributed by atoms with Crippen molar-refractivity contribution in [2.45, 2.75) is 39.2 Å². The smallest absolute Gasteiger partial charge is 0.186 e. The molecule has 2 rings (SSSR count). The first-order valence-electron chi connectivity index (χ1n) is 6.04. The zero-order valence-corrected chi connectivity index (χ0v) is 10.8. The Morgan fingerprint density at radius 1 is 1.50 bits per heavy atom. The fourth-order valence-corrected chi connectivity index (χ4v) is 2.76. The van der Waals surface area contributed by atoms with Crippen molar-refractivity contribution < 1.29 is 4.79 Å². The molecule has 0 radical (unpaired) electrons. The van der Waals surface area contributed by atoms with Gasteiger partial charge in [0.25, 0.3) is 0 Å². The van der Waals surface area contributed by atoms with Gasteiger partial charge in [0.05, 0.1) is 11.4 Å². The van der Waals surface area contributed by atoms with Crippen molar-refractivity contribution >= 4 is 17.1 Å². The largest absolute Gasteiger partial charge is 0.293 e. The minimum absolute atomic E-state index is 0.290. The Hall–Kier alpha value is -0.670. The van der Waals surface area contributed by atoms with E-state index in [0.29, 0.717) is 18.4 Å². The summed E-state index contributed by atoms with van der Waals surface area (Å²) in [5.74, 6) is 0.290. The van der Waals surface area contributed by atoms with Crippen molar-refractivity contribution in [3.8, 4) is 0 Å². The first-order chi connectivity index (χ1) is 7.70. The number of carbonyl (C=O) groups is 1. The molecule has 3 heteroatoms. The molecule has 1 aliphatic carbocycles. The van der Waals surface area contributed by atoms with Crippen LogP contribution in [0.4, 0.5) is 0 Å². The van der Waals surface area contributed by atoms with E-state index in [2.05, 4.69) is 11.8 Å². The predicted octanol–water partition coefficient (Wildman–Crippen LogP) is 3.11. The molecule has 1 heterocycles. The molecule has 0 saturated heterocycles. The lowest BCUT2D eigenvalue weighted by Crippen LogP contribution is -2.32. The van der Waals surface area contributed by atoms with E-state index < -0.39 is 0 Å². The fourth-order valence-electron chi connectivity index (χ4n) is 1.96. The molecule has 1 aliphatic rings. The third-order valence-electron chi connectivity index (χ3n) is 2.94. The number of thiophene rings is 1. The maximum atomic E-state index is 12.0. The molecular formula is C13H19NOS. The summed E-state index contributed by atoms with van der Waals surface area (Å²) in [4.78, 5) is 16.5. The predicted molar refractivity (Wildman–Crippen MR) is 68.3 cm³/mol. The average molecular weight is 237 g/mol. The molecule has 0 unspecified atom stereocenters. The van der Waals surface area contributed by atoms with Crippen molar-refractivity contribution in [1.29, 1.82) is 0 Å². The van der Waals surface area contributed by atoms with Gasteiger partial charge < -0.3 is 0 Å². The Morgan fingerprint density at radius 3 is 2.75 bits per heavy atom. The molecule has 88 valence electrons. The van der Waals surface area contributed by atoms with Gasteiger partial charge in [0.15, 0.2) is 5.78 Å². The Balaban J connectivity index is 1.94. The van der Waals surface area contributed by atoms with Gasteiger partial charge in [0.1, 0.15) is 0 Å². The summed E-state index contributed by atoms with van der Waals surface area (Å²) in [5, 5.41) is 0. The Labute approximate surface area is 101 Å². The molecule has 1 aromatic heterocycles. The molecule has 1 saturated carbocycles. The first kappa shape index (κ1) is 11.8. The Morgan fingerprint density at radius 2 is 2.25 bits per heavy atom. The van der Waals surface area contributed by atoms with Crippen molar-refractivity contribution in [1.82, 2.24) is 4.90 Å². The van der Waals surface area contributed by atoms with Crippen molar-refractivity contribution in [2.24, 2.45) is 0 Å². The van der Waals surface area contributed by atoms with E-state index in [1.54, 1.807) is 11.3 Å². The lowest BCUT2D eigenvalue weighted by atomic mass is 10.2. The van der Waals surface area contributed by atoms with Gasteiger partial charge in [0.2, 0.25) is 0 Å². The van der Waals surface area contributed by atoms with Crippen molar-refractivity contribution in [3.63, 3.8) is 0 Å². The van der Waals surface area contributed by atoms with Crippen LogP contribution in [0.5, 0.6) is 0 Å². The van der Waals surface area contributed by atoms with E-state index >= 15 is 0 Å². The van der Waals surface area contributed by atoms with Gasteiger partial charge in [-0.3, -0.25) is 9.69 Å². The molecule has 1 aromatic rings. The molecule has 1 fully saturated rings. The van der Waals surface area contributed by atoms with Crippen LogP contribution < -0.4 is 0 Å². The van der Waals surface area contributed by atoms with Crippen LogP contribution in [0.2, 0.25) is 0 Å². The number of nitrogens with zero attached hydrogens (tertiary/aromatic N) is 1. The number of carbonyl (C=O) groups excluding carboxylic acids is 1. The summed E-state index contributed by atoms with van der Waals surface area (Å²) in [6.45, 7) is 5.89. The number of rotatable bonds is 6. The minimum Gasteiger partial charge on any atom is -0.293 e. The molecule has 0 bridgehead atoms. The van der Waals surface area contributed by atoms with E-state index in [9.17, 15) is 4.79 Å². The topological polar surface area (TPSA) is 20.3 Å². The summed E-state index contributed by atoms with van der Waals surface area (Å²) < 4.78 is 0. The monoisotopic (exact) mass is 237 g/mol. The summed E-state index contributed by atoms with van der Waals surface area (Å²) in [7, 11) is 0. The third-order valence-corrected chi connectivity index (χ3v) is 3.98. The van der Waals surface area contributed by atoms with Crippen LogP contribution in [0.25, 0.3) is 0 Å². The quantitative estimate of drug-likeness (QED) is 0.709. The summed E-state index contributed by atoms with van der Waals surface area (Å²) in [5.41, 5.74) is 0. The molecular weight excluding hydrogens is 218 g/mol. The molecule has 0 aliphatic heterocycles. The van der Waals surface area contributed by atoms with Crippen LogP contribution in [0.1, 0.15) is 40.7 Å². The maximum absolute atomic E-state index is 12.0. The molecule has 16 heavy (non-hydrogen) atoms. The van der Waals surface area contributed by atoms with E-state index in [-0.39, 0.29) is 0 Å². The Bertz CT molecular complexity index is 368. The van der Waals surface area contributed by atoms with E-state index in [0.717, 1.165) is 17.8 Å². The number of aryl methyl sites for hydroxylation is 1. The standard InChI is InChI=1S/C13H19NOS/c1-3-8-14(11-5-6-11)9-12(15)13-7-4-10(2)16-13/h4,7,11H,3,5-6,8-9H2,1-2H3. The van der Waals surface area contributed by atoms with Crippen LogP contribution in [0.3, 0.4) is 0 Å². The highest BCUT2D eigenvalue weighted by atomic mass is 32.1. The number of ketones is 1. The zero-order valence-electron chi connectivity index (χ0n) is 10.0. The van der Waals surface area contributed by atoms with Crippen molar-refractivity contribution in [3.05, 3.63) is 21.9 Å². The highest BCUT2D eigenvalue weighted by Gasteiger charge is 2.29. The van der Waals surface area contributed by atoms with Crippen LogP contribution in [-0.4, -0.2) is 29.8 Å². The first-order valence-corrected chi connectivity index (χ1v) is 6.86. The van der Waals surface area contributed by atoms with Gasteiger partial charge in [-0.25, -0.2) is 0 Å². The van der Waals surface area contributed by atoms with E-state index in [1.807, 2.05) is 19.1 Å². The van der Waals surface area contributed by atoms with Gasteiger partial charge in [-0.2, -0.15) is 0 Å². The Kier molecular flexibility index (Phi) is 3.77. The number of Topliss-reactive ketones (excluding diaryl/α,β-unsaturated/α-hetero) is 1. The SMILES string of the molecule is CCCN(CC(=O)c1ccc(C)s1)C1CC1. The van der Waals surface area contributed by atoms with Crippen molar-refractivity contribution in [2.75, 3.05) is 13.1 Å². The van der Waals surface area contributed by atoms with Gasteiger partial charge in [-0.05, 0) is 44.9 Å². The normalized spacial score (nSPS) is 15.7. The van der Waals surface area contributed by atoms with Crippen LogP contribution in [0, 0.1) is 6.92 Å². The second kappa shape index (κ2) is 5.11. The van der Waals surface area contributed by atoms with Crippen LogP contribution in [0.15, 0.2) is 12.1 Å². The molecule has 0 N–H and O–H groups in total. The molecule has 2 nitrogen and oxygen atoms in total. The van der Waals surface area contributed by atoms with Gasteiger partial charge in [-0.15, -0.1) is 11.3 Å². The fraction of sp³-hybridized carbons (Fsp3) is 0.615. The van der Waals surface area contributed by atoms with Gasteiger partial charge in [-0.1, -0.05) is 6.92 Å². The lowest BCUT2D eigenvalue weighted by Gasteiger charge is -2.19. The summed E-state index contributed by atoms with van der Waals surface area (Å²) in [6, 6.07) is 4.67. The number of hydrogen-bond acceptors (Lipinski definition) is 3. The lowest BCUT2D eigenvalue weighted by molar-refractivity contribution is 0.0929. The highest BCUT2D eigenvalue weighted by molar-refractivity contribution is 7.14. The number of hydrogen-bond donors (Lipinski definition) is 0. The maximum Gasteiger partial charge on any atom is 0.186 e. The van der Waals surface area contributed by atoms with E-state index in [4.69, 9.17) is 0 Å². The van der Waals surface area contributed by atoms with Gasteiger partial charge >= 0.3 is 0 Å². The summed E-state index contributed by atoms with van der Waals surface area (Å²) >= 11 is 1.61. The minimum atomic E-state index is 0.290. The second-order valence-corrected chi connectivity index (χ2v) is 5.82. The third kappa shape index (κ3) is 2.92. The molecule has 0 spiro atoms. The average Bonchev–Trinajstić information content (AvgIpc) is 3.00. The molecule has 0 aromatic carbocycles. The molecule has 0 atom stereocenters.